The van der Waals surface area contributed by atoms with Crippen LogP contribution in [0.15, 0.2) is 65.6 Å². The monoisotopic (exact) mass is 731 g/mol. The van der Waals surface area contributed by atoms with Crippen LogP contribution in [0, 0.1) is 3.57 Å². The Bertz CT molecular complexity index is 1520. The van der Waals surface area contributed by atoms with Crippen molar-refractivity contribution in [3.05, 3.63) is 86.0 Å². The molecule has 1 aromatic heterocycles. The summed E-state index contributed by atoms with van der Waals surface area (Å²) >= 11 is 2.16. The maximum atomic E-state index is 13.5. The minimum absolute atomic E-state index is 0.274. The first-order chi connectivity index (χ1) is 21.2. The SMILES string of the molecule is CC(C)(C)OC(=O)NCCC1COCC(c2ccc(-n3cc(I)c(NCc4ccccc4)nc3=O)cc2)N1C(=O)OC(C)(C)C. The first-order valence-corrected chi connectivity index (χ1v) is 16.0. The second-order valence-corrected chi connectivity index (χ2v) is 14.0. The molecule has 0 radical (unpaired) electrons. The average molecular weight is 732 g/mol. The molecule has 2 atom stereocenters. The normalized spacial score (nSPS) is 17.0. The molecule has 0 saturated carbocycles. The zero-order valence-corrected chi connectivity index (χ0v) is 28.8. The van der Waals surface area contributed by atoms with Crippen molar-refractivity contribution in [3.8, 4) is 5.69 Å². The van der Waals surface area contributed by atoms with Gasteiger partial charge in [0.15, 0.2) is 0 Å². The topological polar surface area (TPSA) is 124 Å². The molecule has 2 amide bonds. The Morgan fingerprint density at radius 2 is 1.64 bits per heavy atom. The fourth-order valence-corrected chi connectivity index (χ4v) is 5.43. The highest BCUT2D eigenvalue weighted by molar-refractivity contribution is 14.1. The number of hydrogen-bond acceptors (Lipinski definition) is 8. The Morgan fingerprint density at radius 1 is 0.978 bits per heavy atom. The van der Waals surface area contributed by atoms with E-state index in [0.29, 0.717) is 37.6 Å². The number of ether oxygens (including phenoxy) is 3. The summed E-state index contributed by atoms with van der Waals surface area (Å²) in [5.41, 5.74) is 0.833. The number of carbonyl (C=O) groups is 2. The molecule has 2 heterocycles. The number of nitrogens with zero attached hydrogens (tertiary/aromatic N) is 3. The molecule has 45 heavy (non-hydrogen) atoms. The zero-order chi connectivity index (χ0) is 32.8. The Labute approximate surface area is 277 Å². The van der Waals surface area contributed by atoms with Crippen molar-refractivity contribution in [2.45, 2.75) is 77.8 Å². The number of nitrogens with one attached hydrogen (secondary N) is 2. The summed E-state index contributed by atoms with van der Waals surface area (Å²) in [7, 11) is 0. The highest BCUT2D eigenvalue weighted by Gasteiger charge is 2.38. The molecule has 242 valence electrons. The lowest BCUT2D eigenvalue weighted by Gasteiger charge is -2.42. The number of aromatic nitrogens is 2. The molecule has 1 fully saturated rings. The van der Waals surface area contributed by atoms with Crippen LogP contribution in [-0.4, -0.2) is 63.6 Å². The van der Waals surface area contributed by atoms with E-state index in [1.165, 1.54) is 4.57 Å². The van der Waals surface area contributed by atoms with E-state index < -0.39 is 35.1 Å². The van der Waals surface area contributed by atoms with Crippen molar-refractivity contribution in [3.63, 3.8) is 0 Å². The van der Waals surface area contributed by atoms with Gasteiger partial charge < -0.3 is 24.8 Å². The molecule has 0 aliphatic carbocycles. The third-order valence-corrected chi connectivity index (χ3v) is 7.60. The van der Waals surface area contributed by atoms with E-state index in [-0.39, 0.29) is 12.6 Å². The summed E-state index contributed by atoms with van der Waals surface area (Å²) in [6.45, 7) is 12.3. The van der Waals surface area contributed by atoms with Gasteiger partial charge in [0, 0.05) is 19.3 Å². The first kappa shape index (κ1) is 34.2. The fourth-order valence-electron chi connectivity index (χ4n) is 4.84. The molecule has 0 spiro atoms. The van der Waals surface area contributed by atoms with E-state index >= 15 is 0 Å². The number of hydrogen-bond donors (Lipinski definition) is 2. The fraction of sp³-hybridized carbons (Fsp3) is 0.455. The highest BCUT2D eigenvalue weighted by atomic mass is 127. The summed E-state index contributed by atoms with van der Waals surface area (Å²) in [5.74, 6) is 0.525. The van der Waals surface area contributed by atoms with Crippen molar-refractivity contribution < 1.29 is 23.8 Å². The Hall–Kier alpha value is -3.65. The predicted molar refractivity (Wildman–Crippen MR) is 181 cm³/mol. The molecule has 2 unspecified atom stereocenters. The summed E-state index contributed by atoms with van der Waals surface area (Å²) < 4.78 is 19.4. The molecular weight excluding hydrogens is 689 g/mol. The molecule has 3 aromatic rings. The molecule has 1 aliphatic rings. The van der Waals surface area contributed by atoms with Crippen LogP contribution in [0.1, 0.15) is 65.1 Å². The number of anilines is 1. The van der Waals surface area contributed by atoms with E-state index in [9.17, 15) is 14.4 Å². The molecule has 11 nitrogen and oxygen atoms in total. The molecule has 4 rings (SSSR count). The quantitative estimate of drug-likeness (QED) is 0.269. The Balaban J connectivity index is 1.51. The predicted octanol–water partition coefficient (Wildman–Crippen LogP) is 6.04. The summed E-state index contributed by atoms with van der Waals surface area (Å²) in [5, 5.41) is 6.01. The van der Waals surface area contributed by atoms with Crippen LogP contribution in [0.3, 0.4) is 0 Å². The van der Waals surface area contributed by atoms with Gasteiger partial charge in [-0.1, -0.05) is 42.5 Å². The third kappa shape index (κ3) is 9.92. The van der Waals surface area contributed by atoms with Gasteiger partial charge >= 0.3 is 17.9 Å². The number of halogens is 1. The number of carbonyl (C=O) groups excluding carboxylic acids is 2. The lowest BCUT2D eigenvalue weighted by Crippen LogP contribution is -2.53. The van der Waals surface area contributed by atoms with Crippen molar-refractivity contribution >= 4 is 40.6 Å². The number of rotatable bonds is 8. The van der Waals surface area contributed by atoms with Crippen LogP contribution in [0.4, 0.5) is 15.4 Å². The summed E-state index contributed by atoms with van der Waals surface area (Å²) in [6, 6.07) is 16.5. The third-order valence-electron chi connectivity index (χ3n) is 6.81. The van der Waals surface area contributed by atoms with Gasteiger partial charge in [-0.2, -0.15) is 4.98 Å². The second kappa shape index (κ2) is 14.6. The van der Waals surface area contributed by atoms with Gasteiger partial charge in [0.1, 0.15) is 17.0 Å². The second-order valence-electron chi connectivity index (χ2n) is 12.8. The van der Waals surface area contributed by atoms with Gasteiger partial charge in [-0.05, 0) is 93.8 Å². The first-order valence-electron chi connectivity index (χ1n) is 14.9. The van der Waals surface area contributed by atoms with Gasteiger partial charge in [0.05, 0.1) is 34.6 Å². The van der Waals surface area contributed by atoms with Gasteiger partial charge in [-0.15, -0.1) is 0 Å². The van der Waals surface area contributed by atoms with Crippen LogP contribution in [0.2, 0.25) is 0 Å². The molecule has 1 saturated heterocycles. The largest absolute Gasteiger partial charge is 0.444 e. The van der Waals surface area contributed by atoms with Gasteiger partial charge in [-0.25, -0.2) is 14.4 Å². The number of benzene rings is 2. The van der Waals surface area contributed by atoms with Gasteiger partial charge in [0.2, 0.25) is 0 Å². The molecule has 2 N–H and O–H groups in total. The number of alkyl carbamates (subject to hydrolysis) is 1. The number of amides is 2. The molecule has 1 aliphatic heterocycles. The maximum Gasteiger partial charge on any atom is 0.411 e. The van der Waals surface area contributed by atoms with Crippen molar-refractivity contribution in [1.29, 1.82) is 0 Å². The van der Waals surface area contributed by atoms with E-state index in [4.69, 9.17) is 14.2 Å². The van der Waals surface area contributed by atoms with E-state index in [0.717, 1.165) is 14.7 Å². The Morgan fingerprint density at radius 3 is 2.29 bits per heavy atom. The molecule has 0 bridgehead atoms. The van der Waals surface area contributed by atoms with Crippen LogP contribution in [0.5, 0.6) is 0 Å². The molecular formula is C33H42IN5O6. The van der Waals surface area contributed by atoms with E-state index in [2.05, 4.69) is 38.2 Å². The van der Waals surface area contributed by atoms with E-state index in [1.54, 1.807) is 31.9 Å². The summed E-state index contributed by atoms with van der Waals surface area (Å²) in [6.07, 6.45) is 1.21. The maximum absolute atomic E-state index is 13.5. The number of morpholine rings is 1. The standard InChI is InChI=1S/C33H42IN5O6/c1-32(2,3)44-30(41)35-17-16-25-20-43-21-27(39(25)31(42)45-33(4,5)6)23-12-14-24(15-13-23)38-19-26(34)28(37-29(38)40)36-18-22-10-8-7-9-11-22/h7-15,19,25,27H,16-18,20-21H2,1-6H3,(H,35,41)(H,36,37,40). The highest BCUT2D eigenvalue weighted by Crippen LogP contribution is 2.31. The minimum Gasteiger partial charge on any atom is -0.444 e. The summed E-state index contributed by atoms with van der Waals surface area (Å²) in [4.78, 5) is 44.7. The van der Waals surface area contributed by atoms with Crippen LogP contribution >= 0.6 is 22.6 Å². The van der Waals surface area contributed by atoms with Crippen molar-refractivity contribution in [2.24, 2.45) is 0 Å². The zero-order valence-electron chi connectivity index (χ0n) is 26.6. The Kier molecular flexibility index (Phi) is 11.1. The molecule has 12 heteroatoms. The van der Waals surface area contributed by atoms with Crippen LogP contribution < -0.4 is 16.3 Å². The lowest BCUT2D eigenvalue weighted by atomic mass is 10.0. The van der Waals surface area contributed by atoms with Crippen molar-refractivity contribution in [2.75, 3.05) is 25.1 Å². The van der Waals surface area contributed by atoms with E-state index in [1.807, 2.05) is 75.4 Å². The van der Waals surface area contributed by atoms with Crippen LogP contribution in [0.25, 0.3) is 5.69 Å². The van der Waals surface area contributed by atoms with Crippen LogP contribution in [-0.2, 0) is 20.8 Å². The van der Waals surface area contributed by atoms with Gasteiger partial charge in [-0.3, -0.25) is 9.47 Å². The van der Waals surface area contributed by atoms with Gasteiger partial charge in [0.25, 0.3) is 0 Å². The van der Waals surface area contributed by atoms with Crippen molar-refractivity contribution in [1.82, 2.24) is 19.8 Å². The lowest BCUT2D eigenvalue weighted by molar-refractivity contribution is -0.0635. The molecule has 2 aromatic carbocycles. The average Bonchev–Trinajstić information content (AvgIpc) is 2.96. The smallest absolute Gasteiger partial charge is 0.411 e. The minimum atomic E-state index is -0.698.